The Morgan fingerprint density at radius 1 is 1.19 bits per heavy atom. The van der Waals surface area contributed by atoms with Crippen LogP contribution in [0, 0.1) is 11.7 Å². The van der Waals surface area contributed by atoms with Crippen LogP contribution in [0.5, 0.6) is 0 Å². The van der Waals surface area contributed by atoms with Crippen molar-refractivity contribution in [3.63, 3.8) is 0 Å². The predicted molar refractivity (Wildman–Crippen MR) is 100 cm³/mol. The summed E-state index contributed by atoms with van der Waals surface area (Å²) in [4.78, 5) is 26.2. The van der Waals surface area contributed by atoms with Gasteiger partial charge in [-0.25, -0.2) is 4.39 Å². The largest absolute Gasteiger partial charge is 0.348 e. The Morgan fingerprint density at radius 3 is 2.69 bits per heavy atom. The second kappa shape index (κ2) is 8.91. The summed E-state index contributed by atoms with van der Waals surface area (Å²) in [7, 11) is 0. The van der Waals surface area contributed by atoms with Crippen molar-refractivity contribution < 1.29 is 14.0 Å². The normalized spacial score (nSPS) is 15.6. The van der Waals surface area contributed by atoms with Gasteiger partial charge in [-0.05, 0) is 72.4 Å². The number of thiophene rings is 1. The first-order chi connectivity index (χ1) is 12.6. The summed E-state index contributed by atoms with van der Waals surface area (Å²) in [5.41, 5.74) is 1.61. The highest BCUT2D eigenvalue weighted by Crippen LogP contribution is 2.19. The van der Waals surface area contributed by atoms with Gasteiger partial charge < -0.3 is 10.6 Å². The van der Waals surface area contributed by atoms with E-state index in [1.165, 1.54) is 29.8 Å². The third-order valence-electron chi connectivity index (χ3n) is 4.53. The van der Waals surface area contributed by atoms with E-state index in [1.54, 1.807) is 11.3 Å². The van der Waals surface area contributed by atoms with Gasteiger partial charge >= 0.3 is 11.8 Å². The topological polar surface area (TPSA) is 61.4 Å². The molecule has 138 valence electrons. The lowest BCUT2D eigenvalue weighted by Gasteiger charge is -2.31. The molecular formula is C19H22FN3O2S. The molecule has 0 radical (unpaired) electrons. The predicted octanol–water partition coefficient (Wildman–Crippen LogP) is 2.85. The van der Waals surface area contributed by atoms with E-state index in [0.717, 1.165) is 32.5 Å². The summed E-state index contributed by atoms with van der Waals surface area (Å²) in [6.45, 7) is 3.44. The second-order valence-electron chi connectivity index (χ2n) is 6.53. The van der Waals surface area contributed by atoms with Gasteiger partial charge in [0.25, 0.3) is 0 Å². The first-order valence-electron chi connectivity index (χ1n) is 8.68. The van der Waals surface area contributed by atoms with Crippen LogP contribution >= 0.6 is 11.3 Å². The number of amides is 2. The van der Waals surface area contributed by atoms with Crippen LogP contribution < -0.4 is 10.6 Å². The highest BCUT2D eigenvalue weighted by molar-refractivity contribution is 7.07. The van der Waals surface area contributed by atoms with Crippen LogP contribution in [0.15, 0.2) is 41.1 Å². The summed E-state index contributed by atoms with van der Waals surface area (Å²) >= 11 is 1.71. The maximum Gasteiger partial charge on any atom is 0.313 e. The average molecular weight is 375 g/mol. The van der Waals surface area contributed by atoms with E-state index < -0.39 is 17.6 Å². The van der Waals surface area contributed by atoms with E-state index in [-0.39, 0.29) is 5.69 Å². The zero-order valence-corrected chi connectivity index (χ0v) is 15.2. The van der Waals surface area contributed by atoms with Gasteiger partial charge in [0.2, 0.25) is 0 Å². The van der Waals surface area contributed by atoms with Gasteiger partial charge in [-0.1, -0.05) is 6.07 Å². The number of likely N-dealkylation sites (tertiary alicyclic amines) is 1. The van der Waals surface area contributed by atoms with Crippen LogP contribution in [0.3, 0.4) is 0 Å². The van der Waals surface area contributed by atoms with Crippen molar-refractivity contribution in [2.45, 2.75) is 19.4 Å². The maximum absolute atomic E-state index is 13.1. The summed E-state index contributed by atoms with van der Waals surface area (Å²) < 4.78 is 13.1. The van der Waals surface area contributed by atoms with Crippen LogP contribution in [-0.2, 0) is 16.1 Å². The number of carbonyl (C=O) groups is 2. The number of rotatable bonds is 5. The minimum absolute atomic E-state index is 0.270. The number of anilines is 1. The van der Waals surface area contributed by atoms with Crippen LogP contribution in [0.25, 0.3) is 0 Å². The molecule has 1 fully saturated rings. The average Bonchev–Trinajstić information content (AvgIpc) is 3.14. The molecule has 1 saturated heterocycles. The molecule has 2 heterocycles. The molecule has 1 aromatic carbocycles. The molecule has 1 aromatic heterocycles. The molecule has 0 bridgehead atoms. The molecule has 5 nitrogen and oxygen atoms in total. The number of hydrogen-bond donors (Lipinski definition) is 2. The van der Waals surface area contributed by atoms with Crippen LogP contribution in [0.4, 0.5) is 10.1 Å². The lowest BCUT2D eigenvalue weighted by atomic mass is 9.96. The molecule has 1 aliphatic rings. The molecule has 2 aromatic rings. The van der Waals surface area contributed by atoms with Crippen LogP contribution in [0.2, 0.25) is 0 Å². The number of benzene rings is 1. The van der Waals surface area contributed by atoms with E-state index >= 15 is 0 Å². The number of halogens is 1. The molecule has 3 rings (SSSR count). The van der Waals surface area contributed by atoms with Crippen molar-refractivity contribution in [3.05, 3.63) is 52.5 Å². The molecule has 1 aliphatic heterocycles. The molecule has 0 unspecified atom stereocenters. The van der Waals surface area contributed by atoms with Crippen molar-refractivity contribution in [2.24, 2.45) is 5.92 Å². The van der Waals surface area contributed by atoms with Gasteiger partial charge in [0.1, 0.15) is 5.82 Å². The summed E-state index contributed by atoms with van der Waals surface area (Å²) in [5.74, 6) is -1.54. The first-order valence-corrected chi connectivity index (χ1v) is 9.62. The molecule has 2 N–H and O–H groups in total. The molecule has 0 spiro atoms. The zero-order valence-electron chi connectivity index (χ0n) is 14.4. The fourth-order valence-corrected chi connectivity index (χ4v) is 3.72. The Balaban J connectivity index is 1.37. The Morgan fingerprint density at radius 2 is 2.00 bits per heavy atom. The first kappa shape index (κ1) is 18.5. The molecule has 2 amide bonds. The van der Waals surface area contributed by atoms with Crippen LogP contribution in [0.1, 0.15) is 18.4 Å². The number of nitrogens with one attached hydrogen (secondary N) is 2. The van der Waals surface area contributed by atoms with E-state index in [4.69, 9.17) is 0 Å². The third kappa shape index (κ3) is 5.37. The van der Waals surface area contributed by atoms with Gasteiger partial charge in [0.15, 0.2) is 0 Å². The Bertz CT molecular complexity index is 743. The van der Waals surface area contributed by atoms with Crippen molar-refractivity contribution >= 4 is 28.8 Å². The van der Waals surface area contributed by atoms with Gasteiger partial charge in [-0.2, -0.15) is 11.3 Å². The number of hydrogen-bond acceptors (Lipinski definition) is 4. The van der Waals surface area contributed by atoms with E-state index in [9.17, 15) is 14.0 Å². The SMILES string of the molecule is O=C(NCC1CCN(Cc2ccsc2)CC1)C(=O)Nc1cccc(F)c1. The van der Waals surface area contributed by atoms with Gasteiger partial charge in [0.05, 0.1) is 0 Å². The molecule has 7 heteroatoms. The molecular weight excluding hydrogens is 353 g/mol. The van der Waals surface area contributed by atoms with Gasteiger partial charge in [-0.15, -0.1) is 0 Å². The third-order valence-corrected chi connectivity index (χ3v) is 5.27. The molecule has 0 saturated carbocycles. The molecule has 0 aliphatic carbocycles. The monoisotopic (exact) mass is 375 g/mol. The van der Waals surface area contributed by atoms with E-state index in [1.807, 2.05) is 0 Å². The number of nitrogens with zero attached hydrogens (tertiary/aromatic N) is 1. The summed E-state index contributed by atoms with van der Waals surface area (Å²) in [6, 6.07) is 7.62. The second-order valence-corrected chi connectivity index (χ2v) is 7.31. The highest BCUT2D eigenvalue weighted by atomic mass is 32.1. The number of carbonyl (C=O) groups excluding carboxylic acids is 2. The highest BCUT2D eigenvalue weighted by Gasteiger charge is 2.21. The van der Waals surface area contributed by atoms with Gasteiger partial charge in [0, 0.05) is 18.8 Å². The number of piperidine rings is 1. The summed E-state index contributed by atoms with van der Waals surface area (Å²) in [6.07, 6.45) is 1.99. The Labute approximate surface area is 156 Å². The van der Waals surface area contributed by atoms with Crippen molar-refractivity contribution in [3.8, 4) is 0 Å². The van der Waals surface area contributed by atoms with E-state index in [0.29, 0.717) is 12.5 Å². The van der Waals surface area contributed by atoms with Crippen molar-refractivity contribution in [1.82, 2.24) is 10.2 Å². The Hall–Kier alpha value is -2.25. The Kier molecular flexibility index (Phi) is 6.35. The fourth-order valence-electron chi connectivity index (χ4n) is 3.06. The minimum atomic E-state index is -0.773. The standard InChI is InChI=1S/C19H22FN3O2S/c20-16-2-1-3-17(10-16)22-19(25)18(24)21-11-14-4-7-23(8-5-14)12-15-6-9-26-13-15/h1-3,6,9-10,13-14H,4-5,7-8,11-12H2,(H,21,24)(H,22,25). The molecule has 0 atom stereocenters. The fraction of sp³-hybridized carbons (Fsp3) is 0.368. The lowest BCUT2D eigenvalue weighted by molar-refractivity contribution is -0.136. The van der Waals surface area contributed by atoms with Crippen molar-refractivity contribution in [2.75, 3.05) is 25.0 Å². The lowest BCUT2D eigenvalue weighted by Crippen LogP contribution is -2.41. The van der Waals surface area contributed by atoms with Gasteiger partial charge in [-0.3, -0.25) is 14.5 Å². The smallest absolute Gasteiger partial charge is 0.313 e. The maximum atomic E-state index is 13.1. The quantitative estimate of drug-likeness (QED) is 0.790. The molecule has 26 heavy (non-hydrogen) atoms. The van der Waals surface area contributed by atoms with Crippen LogP contribution in [-0.4, -0.2) is 36.3 Å². The zero-order chi connectivity index (χ0) is 18.4. The summed E-state index contributed by atoms with van der Waals surface area (Å²) in [5, 5.41) is 9.35. The minimum Gasteiger partial charge on any atom is -0.348 e. The van der Waals surface area contributed by atoms with E-state index in [2.05, 4.69) is 32.4 Å². The van der Waals surface area contributed by atoms with Crippen molar-refractivity contribution in [1.29, 1.82) is 0 Å².